The molecule has 19 heavy (non-hydrogen) atoms. The fourth-order valence-corrected chi connectivity index (χ4v) is 1.79. The fraction of sp³-hybridized carbons (Fsp3) is 0.615. The molecule has 1 rings (SSSR count). The summed E-state index contributed by atoms with van der Waals surface area (Å²) in [5, 5.41) is 11.9. The lowest BCUT2D eigenvalue weighted by atomic mass is 10.0. The number of hydrogen-bond acceptors (Lipinski definition) is 4. The Morgan fingerprint density at radius 1 is 1.42 bits per heavy atom. The summed E-state index contributed by atoms with van der Waals surface area (Å²) in [5.74, 6) is -0.351. The molecule has 0 saturated heterocycles. The number of amides is 1. The zero-order valence-corrected chi connectivity index (χ0v) is 11.8. The Morgan fingerprint density at radius 3 is 2.63 bits per heavy atom. The van der Waals surface area contributed by atoms with Gasteiger partial charge in [0.2, 0.25) is 0 Å². The Bertz CT molecular complexity index is 508. The van der Waals surface area contributed by atoms with Crippen molar-refractivity contribution in [3.05, 3.63) is 27.4 Å². The molecule has 0 radical (unpaired) electrons. The number of hydrogen-bond donors (Lipinski definition) is 3. The van der Waals surface area contributed by atoms with Gasteiger partial charge in [-0.2, -0.15) is 0 Å². The van der Waals surface area contributed by atoms with Gasteiger partial charge in [0.1, 0.15) is 0 Å². The number of nitrogens with zero attached hydrogens (tertiary/aromatic N) is 1. The number of aliphatic hydroxyl groups is 1. The van der Waals surface area contributed by atoms with Crippen molar-refractivity contribution in [2.24, 2.45) is 5.92 Å². The standard InChI is InChI=1S/C13H21N3O3/c1-7(5-8(2)17)6-14-12(18)11-13(19)16-10(4)9(3)15-11/h7-8,17H,5-6H2,1-4H3,(H,14,18)(H,16,19). The molecule has 0 fully saturated rings. The second kappa shape index (κ2) is 6.47. The van der Waals surface area contributed by atoms with Gasteiger partial charge >= 0.3 is 0 Å². The minimum absolute atomic E-state index is 0.118. The van der Waals surface area contributed by atoms with Gasteiger partial charge < -0.3 is 15.4 Å². The van der Waals surface area contributed by atoms with Crippen LogP contribution in [0.2, 0.25) is 0 Å². The van der Waals surface area contributed by atoms with Gasteiger partial charge in [0, 0.05) is 12.2 Å². The van der Waals surface area contributed by atoms with E-state index in [1.54, 1.807) is 20.8 Å². The van der Waals surface area contributed by atoms with Crippen molar-refractivity contribution in [2.75, 3.05) is 6.54 Å². The van der Waals surface area contributed by atoms with E-state index in [0.717, 1.165) is 0 Å². The average Bonchev–Trinajstić information content (AvgIpc) is 2.30. The van der Waals surface area contributed by atoms with Gasteiger partial charge in [0.05, 0.1) is 11.8 Å². The maximum absolute atomic E-state index is 11.9. The topological polar surface area (TPSA) is 95.1 Å². The van der Waals surface area contributed by atoms with Gasteiger partial charge in [-0.25, -0.2) is 4.98 Å². The lowest BCUT2D eigenvalue weighted by molar-refractivity contribution is 0.0932. The second-order valence-electron chi connectivity index (χ2n) is 5.02. The molecule has 0 aliphatic rings. The maximum atomic E-state index is 11.9. The summed E-state index contributed by atoms with van der Waals surface area (Å²) in [6, 6.07) is 0. The molecule has 2 atom stereocenters. The van der Waals surface area contributed by atoms with E-state index in [-0.39, 0.29) is 11.6 Å². The van der Waals surface area contributed by atoms with Crippen molar-refractivity contribution >= 4 is 5.91 Å². The first-order valence-electron chi connectivity index (χ1n) is 6.35. The molecular weight excluding hydrogens is 246 g/mol. The highest BCUT2D eigenvalue weighted by atomic mass is 16.3. The number of rotatable bonds is 5. The van der Waals surface area contributed by atoms with Crippen LogP contribution in [-0.4, -0.2) is 33.6 Å². The third-order valence-corrected chi connectivity index (χ3v) is 2.91. The average molecular weight is 267 g/mol. The quantitative estimate of drug-likeness (QED) is 0.725. The molecule has 3 N–H and O–H groups in total. The lowest BCUT2D eigenvalue weighted by Crippen LogP contribution is -2.34. The summed E-state index contributed by atoms with van der Waals surface area (Å²) in [4.78, 5) is 30.1. The molecule has 0 saturated carbocycles. The van der Waals surface area contributed by atoms with Crippen LogP contribution in [0, 0.1) is 19.8 Å². The molecule has 1 heterocycles. The highest BCUT2D eigenvalue weighted by Gasteiger charge is 2.15. The highest BCUT2D eigenvalue weighted by Crippen LogP contribution is 2.04. The molecule has 106 valence electrons. The third-order valence-electron chi connectivity index (χ3n) is 2.91. The molecule has 1 amide bonds. The molecule has 1 aromatic heterocycles. The predicted octanol–water partition coefficient (Wildman–Crippen LogP) is 0.524. The first kappa shape index (κ1) is 15.4. The molecule has 6 heteroatoms. The van der Waals surface area contributed by atoms with Gasteiger partial charge in [-0.15, -0.1) is 0 Å². The van der Waals surface area contributed by atoms with Gasteiger partial charge in [0.15, 0.2) is 5.69 Å². The van der Waals surface area contributed by atoms with Crippen molar-refractivity contribution in [3.63, 3.8) is 0 Å². The summed E-state index contributed by atoms with van der Waals surface area (Å²) in [6.07, 6.45) is 0.187. The molecule has 2 unspecified atom stereocenters. The van der Waals surface area contributed by atoms with Crippen LogP contribution in [0.5, 0.6) is 0 Å². The monoisotopic (exact) mass is 267 g/mol. The molecule has 0 spiro atoms. The number of carbonyl (C=O) groups is 1. The van der Waals surface area contributed by atoms with Crippen LogP contribution < -0.4 is 10.9 Å². The van der Waals surface area contributed by atoms with Crippen molar-refractivity contribution in [1.82, 2.24) is 15.3 Å². The van der Waals surface area contributed by atoms with Gasteiger partial charge in [-0.3, -0.25) is 9.59 Å². The van der Waals surface area contributed by atoms with E-state index in [2.05, 4.69) is 15.3 Å². The fourth-order valence-electron chi connectivity index (χ4n) is 1.79. The Kier molecular flexibility index (Phi) is 5.23. The van der Waals surface area contributed by atoms with Crippen LogP contribution in [0.15, 0.2) is 4.79 Å². The van der Waals surface area contributed by atoms with Crippen LogP contribution in [0.3, 0.4) is 0 Å². The zero-order valence-electron chi connectivity index (χ0n) is 11.8. The number of aliphatic hydroxyl groups excluding tert-OH is 1. The SMILES string of the molecule is Cc1nc(C(=O)NCC(C)CC(C)O)c(=O)[nH]c1C. The zero-order chi connectivity index (χ0) is 14.6. The Labute approximate surface area is 112 Å². The number of aryl methyl sites for hydroxylation is 2. The van der Waals surface area contributed by atoms with Crippen LogP contribution in [0.25, 0.3) is 0 Å². The van der Waals surface area contributed by atoms with E-state index in [4.69, 9.17) is 0 Å². The largest absolute Gasteiger partial charge is 0.393 e. The van der Waals surface area contributed by atoms with Crippen LogP contribution >= 0.6 is 0 Å². The number of carbonyl (C=O) groups excluding carboxylic acids is 1. The molecule has 0 aliphatic heterocycles. The Balaban J connectivity index is 2.69. The van der Waals surface area contributed by atoms with E-state index in [1.807, 2.05) is 6.92 Å². The molecular formula is C13H21N3O3. The van der Waals surface area contributed by atoms with E-state index < -0.39 is 17.6 Å². The van der Waals surface area contributed by atoms with Crippen LogP contribution in [0.1, 0.15) is 42.1 Å². The van der Waals surface area contributed by atoms with Crippen molar-refractivity contribution in [1.29, 1.82) is 0 Å². The molecule has 0 aromatic carbocycles. The predicted molar refractivity (Wildman–Crippen MR) is 72.1 cm³/mol. The number of aromatic nitrogens is 2. The van der Waals surface area contributed by atoms with E-state index in [9.17, 15) is 14.7 Å². The molecule has 0 aliphatic carbocycles. The van der Waals surface area contributed by atoms with E-state index >= 15 is 0 Å². The van der Waals surface area contributed by atoms with E-state index in [1.165, 1.54) is 0 Å². The summed E-state index contributed by atoms with van der Waals surface area (Å²) >= 11 is 0. The van der Waals surface area contributed by atoms with Crippen LogP contribution in [-0.2, 0) is 0 Å². The smallest absolute Gasteiger partial charge is 0.279 e. The van der Waals surface area contributed by atoms with Gasteiger partial charge in [-0.05, 0) is 33.1 Å². The Morgan fingerprint density at radius 2 is 2.05 bits per heavy atom. The highest BCUT2D eigenvalue weighted by molar-refractivity contribution is 5.91. The molecule has 0 bridgehead atoms. The van der Waals surface area contributed by atoms with Gasteiger partial charge in [-0.1, -0.05) is 6.92 Å². The lowest BCUT2D eigenvalue weighted by Gasteiger charge is -2.14. The van der Waals surface area contributed by atoms with Crippen molar-refractivity contribution in [3.8, 4) is 0 Å². The molecule has 1 aromatic rings. The third kappa shape index (κ3) is 4.48. The normalized spacial score (nSPS) is 13.9. The Hall–Kier alpha value is -1.69. The van der Waals surface area contributed by atoms with Crippen molar-refractivity contribution < 1.29 is 9.90 Å². The summed E-state index contributed by atoms with van der Waals surface area (Å²) < 4.78 is 0. The second-order valence-corrected chi connectivity index (χ2v) is 5.02. The minimum atomic E-state index is -0.484. The van der Waals surface area contributed by atoms with E-state index in [0.29, 0.717) is 24.4 Å². The first-order valence-corrected chi connectivity index (χ1v) is 6.35. The number of nitrogens with one attached hydrogen (secondary N) is 2. The maximum Gasteiger partial charge on any atom is 0.279 e. The van der Waals surface area contributed by atoms with Crippen LogP contribution in [0.4, 0.5) is 0 Å². The summed E-state index contributed by atoms with van der Waals surface area (Å²) in [6.45, 7) is 7.49. The van der Waals surface area contributed by atoms with Gasteiger partial charge in [0.25, 0.3) is 11.5 Å². The summed E-state index contributed by atoms with van der Waals surface area (Å²) in [7, 11) is 0. The first-order chi connectivity index (χ1) is 8.81. The number of aromatic amines is 1. The molecule has 6 nitrogen and oxygen atoms in total. The minimum Gasteiger partial charge on any atom is -0.393 e. The summed E-state index contributed by atoms with van der Waals surface area (Å²) in [5.41, 5.74) is 0.682. The number of H-pyrrole nitrogens is 1. The van der Waals surface area contributed by atoms with Crippen molar-refractivity contribution in [2.45, 2.75) is 40.2 Å².